The lowest BCUT2D eigenvalue weighted by Gasteiger charge is -2.10. The van der Waals surface area contributed by atoms with Gasteiger partial charge in [-0.3, -0.25) is 4.79 Å². The van der Waals surface area contributed by atoms with Gasteiger partial charge in [-0.15, -0.1) is 11.3 Å². The molecule has 0 aliphatic rings. The summed E-state index contributed by atoms with van der Waals surface area (Å²) in [5.41, 5.74) is 1.05. The van der Waals surface area contributed by atoms with Crippen LogP contribution in [0.25, 0.3) is 0 Å². The molecule has 0 saturated carbocycles. The molecule has 1 unspecified atom stereocenters. The van der Waals surface area contributed by atoms with Gasteiger partial charge in [0.05, 0.1) is 12.1 Å². The van der Waals surface area contributed by atoms with E-state index in [9.17, 15) is 4.79 Å². The zero-order chi connectivity index (χ0) is 12.1. The monoisotopic (exact) mass is 240 g/mol. The van der Waals surface area contributed by atoms with Crippen molar-refractivity contribution in [3.63, 3.8) is 0 Å². The van der Waals surface area contributed by atoms with Crippen LogP contribution in [0.4, 0.5) is 0 Å². The van der Waals surface area contributed by atoms with E-state index in [2.05, 4.69) is 17.2 Å². The van der Waals surface area contributed by atoms with Gasteiger partial charge in [-0.25, -0.2) is 4.98 Å². The molecule has 0 radical (unpaired) electrons. The Hall–Kier alpha value is -0.740. The summed E-state index contributed by atoms with van der Waals surface area (Å²) < 4.78 is 0. The van der Waals surface area contributed by atoms with Crippen molar-refractivity contribution in [1.29, 1.82) is 0 Å². The van der Waals surface area contributed by atoms with Gasteiger partial charge in [0.25, 0.3) is 0 Å². The van der Waals surface area contributed by atoms with E-state index in [1.807, 2.05) is 20.8 Å². The second kappa shape index (κ2) is 6.11. The van der Waals surface area contributed by atoms with Crippen LogP contribution < -0.4 is 5.32 Å². The largest absolute Gasteiger partial charge is 0.314 e. The molecule has 3 nitrogen and oxygen atoms in total. The first-order valence-electron chi connectivity index (χ1n) is 5.71. The Bertz CT molecular complexity index is 340. The van der Waals surface area contributed by atoms with Crippen LogP contribution in [0, 0.1) is 13.8 Å². The molecule has 0 bridgehead atoms. The predicted octanol–water partition coefficient (Wildman–Crippen LogP) is 2.26. The number of thiazole rings is 1. The molecule has 0 aromatic carbocycles. The third-order valence-corrected chi connectivity index (χ3v) is 3.58. The summed E-state index contributed by atoms with van der Waals surface area (Å²) in [7, 11) is 0. The number of nitrogens with one attached hydrogen (secondary N) is 1. The molecule has 1 aromatic heterocycles. The standard InChI is InChI=1S/C12H20N2OS/c1-5-13-8(2)6-11(15)7-12-14-9(3)10(4)16-12/h8,13H,5-7H2,1-4H3. The maximum Gasteiger partial charge on any atom is 0.141 e. The molecule has 16 heavy (non-hydrogen) atoms. The Morgan fingerprint density at radius 3 is 2.69 bits per heavy atom. The van der Waals surface area contributed by atoms with E-state index in [1.165, 1.54) is 4.88 Å². The quantitative estimate of drug-likeness (QED) is 0.829. The van der Waals surface area contributed by atoms with Crippen LogP contribution in [-0.2, 0) is 11.2 Å². The number of hydrogen-bond acceptors (Lipinski definition) is 4. The Labute approximate surface area is 101 Å². The summed E-state index contributed by atoms with van der Waals surface area (Å²) in [6.45, 7) is 9.03. The summed E-state index contributed by atoms with van der Waals surface area (Å²) in [6.07, 6.45) is 1.07. The Balaban J connectivity index is 2.45. The van der Waals surface area contributed by atoms with Gasteiger partial charge >= 0.3 is 0 Å². The highest BCUT2D eigenvalue weighted by molar-refractivity contribution is 7.11. The van der Waals surface area contributed by atoms with Crippen molar-refractivity contribution in [3.05, 3.63) is 15.6 Å². The third-order valence-electron chi connectivity index (χ3n) is 2.51. The van der Waals surface area contributed by atoms with E-state index < -0.39 is 0 Å². The van der Waals surface area contributed by atoms with Gasteiger partial charge in [0.2, 0.25) is 0 Å². The summed E-state index contributed by atoms with van der Waals surface area (Å²) >= 11 is 1.63. The van der Waals surface area contributed by atoms with Gasteiger partial charge in [0.15, 0.2) is 0 Å². The van der Waals surface area contributed by atoms with Crippen molar-refractivity contribution >= 4 is 17.1 Å². The molecule has 1 heterocycles. The van der Waals surface area contributed by atoms with Crippen LogP contribution in [-0.4, -0.2) is 23.4 Å². The smallest absolute Gasteiger partial charge is 0.141 e. The fraction of sp³-hybridized carbons (Fsp3) is 0.667. The SMILES string of the molecule is CCNC(C)CC(=O)Cc1nc(C)c(C)s1. The number of carbonyl (C=O) groups is 1. The zero-order valence-electron chi connectivity index (χ0n) is 10.5. The molecular weight excluding hydrogens is 220 g/mol. The van der Waals surface area contributed by atoms with E-state index >= 15 is 0 Å². The lowest BCUT2D eigenvalue weighted by atomic mass is 10.1. The van der Waals surface area contributed by atoms with Gasteiger partial charge in [-0.2, -0.15) is 0 Å². The number of hydrogen-bond donors (Lipinski definition) is 1. The number of aromatic nitrogens is 1. The van der Waals surface area contributed by atoms with Crippen LogP contribution in [0.15, 0.2) is 0 Å². The number of aryl methyl sites for hydroxylation is 2. The summed E-state index contributed by atoms with van der Waals surface area (Å²) in [4.78, 5) is 17.3. The van der Waals surface area contributed by atoms with Crippen molar-refractivity contribution in [2.24, 2.45) is 0 Å². The second-order valence-corrected chi connectivity index (χ2v) is 5.42. The molecule has 1 N–H and O–H groups in total. The van der Waals surface area contributed by atoms with E-state index in [1.54, 1.807) is 11.3 Å². The molecule has 0 fully saturated rings. The van der Waals surface area contributed by atoms with E-state index in [4.69, 9.17) is 0 Å². The molecule has 0 aliphatic carbocycles. The van der Waals surface area contributed by atoms with Crippen molar-refractivity contribution < 1.29 is 4.79 Å². The van der Waals surface area contributed by atoms with E-state index in [0.29, 0.717) is 12.8 Å². The Morgan fingerprint density at radius 2 is 2.19 bits per heavy atom. The molecule has 0 amide bonds. The average Bonchev–Trinajstić information content (AvgIpc) is 2.45. The molecule has 1 atom stereocenters. The van der Waals surface area contributed by atoms with Gasteiger partial charge in [0, 0.05) is 17.3 Å². The minimum Gasteiger partial charge on any atom is -0.314 e. The maximum atomic E-state index is 11.7. The van der Waals surface area contributed by atoms with Gasteiger partial charge in [-0.1, -0.05) is 6.92 Å². The predicted molar refractivity (Wildman–Crippen MR) is 68.1 cm³/mol. The highest BCUT2D eigenvalue weighted by Gasteiger charge is 2.12. The molecule has 1 aromatic rings. The molecule has 0 spiro atoms. The molecule has 90 valence electrons. The minimum absolute atomic E-state index is 0.264. The first-order valence-corrected chi connectivity index (χ1v) is 6.52. The fourth-order valence-electron chi connectivity index (χ4n) is 1.62. The maximum absolute atomic E-state index is 11.7. The molecular formula is C12H20N2OS. The molecule has 1 rings (SSSR count). The van der Waals surface area contributed by atoms with Crippen molar-refractivity contribution in [1.82, 2.24) is 10.3 Å². The van der Waals surface area contributed by atoms with E-state index in [-0.39, 0.29) is 11.8 Å². The number of ketones is 1. The van der Waals surface area contributed by atoms with Crippen molar-refractivity contribution in [2.75, 3.05) is 6.54 Å². The highest BCUT2D eigenvalue weighted by Crippen LogP contribution is 2.17. The van der Waals surface area contributed by atoms with Crippen LogP contribution in [0.1, 0.15) is 35.8 Å². The number of Topliss-reactive ketones (excluding diaryl/α,β-unsaturated/α-hetero) is 1. The lowest BCUT2D eigenvalue weighted by Crippen LogP contribution is -2.28. The lowest BCUT2D eigenvalue weighted by molar-refractivity contribution is -0.118. The third kappa shape index (κ3) is 4.02. The number of nitrogens with zero attached hydrogens (tertiary/aromatic N) is 1. The second-order valence-electron chi connectivity index (χ2n) is 4.13. The summed E-state index contributed by atoms with van der Waals surface area (Å²) in [5.74, 6) is 0.266. The number of carbonyl (C=O) groups excluding carboxylic acids is 1. The van der Waals surface area contributed by atoms with Crippen LogP contribution >= 0.6 is 11.3 Å². The van der Waals surface area contributed by atoms with Crippen LogP contribution in [0.2, 0.25) is 0 Å². The molecule has 4 heteroatoms. The number of rotatable bonds is 6. The van der Waals surface area contributed by atoms with Crippen molar-refractivity contribution in [2.45, 2.75) is 46.6 Å². The van der Waals surface area contributed by atoms with E-state index in [0.717, 1.165) is 17.2 Å². The normalized spacial score (nSPS) is 12.8. The average molecular weight is 240 g/mol. The fourth-order valence-corrected chi connectivity index (χ4v) is 2.58. The topological polar surface area (TPSA) is 42.0 Å². The van der Waals surface area contributed by atoms with Crippen molar-refractivity contribution in [3.8, 4) is 0 Å². The zero-order valence-corrected chi connectivity index (χ0v) is 11.3. The minimum atomic E-state index is 0.264. The summed E-state index contributed by atoms with van der Waals surface area (Å²) in [6, 6.07) is 0.264. The van der Waals surface area contributed by atoms with Gasteiger partial charge in [0.1, 0.15) is 10.8 Å². The molecule has 0 aliphatic heterocycles. The van der Waals surface area contributed by atoms with Gasteiger partial charge in [-0.05, 0) is 27.3 Å². The van der Waals surface area contributed by atoms with Crippen LogP contribution in [0.5, 0.6) is 0 Å². The first-order chi connectivity index (χ1) is 7.52. The Morgan fingerprint density at radius 1 is 1.50 bits per heavy atom. The van der Waals surface area contributed by atoms with Gasteiger partial charge < -0.3 is 5.32 Å². The Kier molecular flexibility index (Phi) is 5.09. The summed E-state index contributed by atoms with van der Waals surface area (Å²) in [5, 5.41) is 4.19. The highest BCUT2D eigenvalue weighted by atomic mass is 32.1. The molecule has 0 saturated heterocycles. The first kappa shape index (κ1) is 13.3. The van der Waals surface area contributed by atoms with Crippen LogP contribution in [0.3, 0.4) is 0 Å².